The van der Waals surface area contributed by atoms with Crippen molar-refractivity contribution in [2.75, 3.05) is 17.4 Å². The predicted octanol–water partition coefficient (Wildman–Crippen LogP) is 4.33. The summed E-state index contributed by atoms with van der Waals surface area (Å²) >= 11 is 11.8. The molecule has 0 spiro atoms. The van der Waals surface area contributed by atoms with Gasteiger partial charge in [0.1, 0.15) is 5.41 Å². The van der Waals surface area contributed by atoms with Crippen LogP contribution in [-0.4, -0.2) is 18.6 Å². The number of rotatable bonds is 4. The van der Waals surface area contributed by atoms with Gasteiger partial charge in [0, 0.05) is 17.4 Å². The fraction of sp³-hybridized carbons (Fsp3) is 0.222. The molecule has 0 saturated heterocycles. The van der Waals surface area contributed by atoms with E-state index in [0.29, 0.717) is 32.9 Å². The molecule has 0 aliphatic carbocycles. The Morgan fingerprint density at radius 1 is 0.885 bits per heavy atom. The first-order valence-electron chi connectivity index (χ1n) is 7.75. The van der Waals surface area contributed by atoms with Crippen LogP contribution in [0.5, 0.6) is 11.5 Å². The second-order valence-electron chi connectivity index (χ2n) is 6.23. The van der Waals surface area contributed by atoms with Gasteiger partial charge in [-0.25, -0.2) is 0 Å². The first kappa shape index (κ1) is 18.4. The van der Waals surface area contributed by atoms with Crippen LogP contribution in [0.2, 0.25) is 10.0 Å². The van der Waals surface area contributed by atoms with Gasteiger partial charge in [0.25, 0.3) is 0 Å². The summed E-state index contributed by atoms with van der Waals surface area (Å²) in [6.45, 7) is 3.20. The third kappa shape index (κ3) is 3.71. The summed E-state index contributed by atoms with van der Waals surface area (Å²) in [7, 11) is 0. The summed E-state index contributed by atoms with van der Waals surface area (Å²) < 4.78 is 10.5. The molecular weight excluding hydrogens is 379 g/mol. The Bertz CT molecular complexity index is 883. The maximum Gasteiger partial charge on any atom is 0.239 e. The summed E-state index contributed by atoms with van der Waals surface area (Å²) in [6, 6.07) is 9.72. The SMILES string of the molecule is CC(C)(C(=O)Nc1ccc(Cl)c(Cl)c1)C(=O)Nc1ccc2c(c1)OCO2. The Kier molecular flexibility index (Phi) is 4.98. The van der Waals surface area contributed by atoms with E-state index in [1.54, 1.807) is 30.3 Å². The van der Waals surface area contributed by atoms with Crippen molar-refractivity contribution in [3.8, 4) is 11.5 Å². The van der Waals surface area contributed by atoms with Crippen molar-refractivity contribution in [2.24, 2.45) is 5.41 Å². The van der Waals surface area contributed by atoms with Gasteiger partial charge in [-0.2, -0.15) is 0 Å². The van der Waals surface area contributed by atoms with E-state index in [1.807, 2.05) is 0 Å². The lowest BCUT2D eigenvalue weighted by Crippen LogP contribution is -2.41. The lowest BCUT2D eigenvalue weighted by Gasteiger charge is -2.23. The number of ether oxygens (including phenoxy) is 2. The van der Waals surface area contributed by atoms with Gasteiger partial charge in [0.2, 0.25) is 18.6 Å². The molecule has 0 radical (unpaired) electrons. The van der Waals surface area contributed by atoms with Crippen LogP contribution in [-0.2, 0) is 9.59 Å². The van der Waals surface area contributed by atoms with Crippen molar-refractivity contribution < 1.29 is 19.1 Å². The maximum atomic E-state index is 12.6. The highest BCUT2D eigenvalue weighted by atomic mass is 35.5. The minimum absolute atomic E-state index is 0.143. The molecule has 3 rings (SSSR count). The van der Waals surface area contributed by atoms with Crippen molar-refractivity contribution in [1.29, 1.82) is 0 Å². The van der Waals surface area contributed by atoms with Crippen molar-refractivity contribution in [3.63, 3.8) is 0 Å². The summed E-state index contributed by atoms with van der Waals surface area (Å²) in [5, 5.41) is 6.08. The van der Waals surface area contributed by atoms with Crippen LogP contribution >= 0.6 is 23.2 Å². The number of anilines is 2. The number of halogens is 2. The van der Waals surface area contributed by atoms with Crippen molar-refractivity contribution >= 4 is 46.4 Å². The van der Waals surface area contributed by atoms with E-state index < -0.39 is 17.2 Å². The van der Waals surface area contributed by atoms with Gasteiger partial charge in [0.05, 0.1) is 10.0 Å². The van der Waals surface area contributed by atoms with Gasteiger partial charge in [-0.15, -0.1) is 0 Å². The molecule has 0 bridgehead atoms. The standard InChI is InChI=1S/C18H16Cl2N2O4/c1-18(2,16(23)21-10-3-5-12(19)13(20)7-10)17(24)22-11-4-6-14-15(8-11)26-9-25-14/h3-8H,9H2,1-2H3,(H,21,23)(H,22,24). The molecule has 0 fully saturated rings. The van der Waals surface area contributed by atoms with Gasteiger partial charge in [-0.1, -0.05) is 23.2 Å². The number of carbonyl (C=O) groups is 2. The smallest absolute Gasteiger partial charge is 0.239 e. The molecule has 0 saturated carbocycles. The average molecular weight is 395 g/mol. The first-order valence-corrected chi connectivity index (χ1v) is 8.50. The average Bonchev–Trinajstić information content (AvgIpc) is 3.05. The third-order valence-corrected chi connectivity index (χ3v) is 4.68. The van der Waals surface area contributed by atoms with E-state index in [1.165, 1.54) is 19.9 Å². The number of hydrogen-bond acceptors (Lipinski definition) is 4. The molecule has 26 heavy (non-hydrogen) atoms. The fourth-order valence-corrected chi connectivity index (χ4v) is 2.52. The highest BCUT2D eigenvalue weighted by Crippen LogP contribution is 2.35. The summed E-state index contributed by atoms with van der Waals surface area (Å²) in [4.78, 5) is 25.2. The third-order valence-electron chi connectivity index (χ3n) is 3.94. The zero-order chi connectivity index (χ0) is 18.9. The lowest BCUT2D eigenvalue weighted by molar-refractivity contribution is -0.135. The van der Waals surface area contributed by atoms with Crippen LogP contribution in [0.25, 0.3) is 0 Å². The van der Waals surface area contributed by atoms with Crippen LogP contribution < -0.4 is 20.1 Å². The van der Waals surface area contributed by atoms with Gasteiger partial charge in [-0.05, 0) is 44.2 Å². The molecule has 2 aromatic rings. The number of hydrogen-bond donors (Lipinski definition) is 2. The number of amides is 2. The Hall–Kier alpha value is -2.44. The number of fused-ring (bicyclic) bond motifs is 1. The van der Waals surface area contributed by atoms with Gasteiger partial charge < -0.3 is 20.1 Å². The van der Waals surface area contributed by atoms with Crippen LogP contribution in [0.1, 0.15) is 13.8 Å². The van der Waals surface area contributed by atoms with E-state index in [4.69, 9.17) is 32.7 Å². The molecule has 8 heteroatoms. The maximum absolute atomic E-state index is 12.6. The lowest BCUT2D eigenvalue weighted by atomic mass is 9.90. The van der Waals surface area contributed by atoms with Crippen molar-refractivity contribution in [2.45, 2.75) is 13.8 Å². The van der Waals surface area contributed by atoms with Crippen LogP contribution in [0, 0.1) is 5.41 Å². The largest absolute Gasteiger partial charge is 0.454 e. The van der Waals surface area contributed by atoms with Crippen LogP contribution in [0.15, 0.2) is 36.4 Å². The molecule has 2 N–H and O–H groups in total. The van der Waals surface area contributed by atoms with E-state index in [9.17, 15) is 9.59 Å². The highest BCUT2D eigenvalue weighted by Gasteiger charge is 2.36. The molecule has 1 heterocycles. The minimum Gasteiger partial charge on any atom is -0.454 e. The topological polar surface area (TPSA) is 76.7 Å². The second kappa shape index (κ2) is 7.05. The van der Waals surface area contributed by atoms with E-state index in [-0.39, 0.29) is 6.79 Å². The predicted molar refractivity (Wildman–Crippen MR) is 100 cm³/mol. The second-order valence-corrected chi connectivity index (χ2v) is 7.04. The number of nitrogens with one attached hydrogen (secondary N) is 2. The Labute approximate surface area is 160 Å². The van der Waals surface area contributed by atoms with Crippen LogP contribution in [0.3, 0.4) is 0 Å². The molecule has 1 aliphatic rings. The normalized spacial score (nSPS) is 12.6. The Balaban J connectivity index is 1.70. The zero-order valence-corrected chi connectivity index (χ0v) is 15.6. The Morgan fingerprint density at radius 3 is 2.12 bits per heavy atom. The minimum atomic E-state index is -1.33. The number of benzene rings is 2. The van der Waals surface area contributed by atoms with E-state index >= 15 is 0 Å². The molecule has 0 unspecified atom stereocenters. The molecule has 1 aliphatic heterocycles. The van der Waals surface area contributed by atoms with Gasteiger partial charge in [0.15, 0.2) is 11.5 Å². The molecule has 2 aromatic carbocycles. The fourth-order valence-electron chi connectivity index (χ4n) is 2.23. The summed E-state index contributed by atoms with van der Waals surface area (Å²) in [6.07, 6.45) is 0. The molecule has 2 amide bonds. The van der Waals surface area contributed by atoms with Crippen LogP contribution in [0.4, 0.5) is 11.4 Å². The zero-order valence-electron chi connectivity index (χ0n) is 14.1. The quantitative estimate of drug-likeness (QED) is 0.756. The molecule has 0 atom stereocenters. The molecule has 6 nitrogen and oxygen atoms in total. The summed E-state index contributed by atoms with van der Waals surface area (Å²) in [5.74, 6) is 0.212. The monoisotopic (exact) mass is 394 g/mol. The molecule has 136 valence electrons. The molecular formula is C18H16Cl2N2O4. The first-order chi connectivity index (χ1) is 12.3. The summed E-state index contributed by atoms with van der Waals surface area (Å²) in [5.41, 5.74) is -0.370. The highest BCUT2D eigenvalue weighted by molar-refractivity contribution is 6.42. The van der Waals surface area contributed by atoms with Crippen molar-refractivity contribution in [1.82, 2.24) is 0 Å². The van der Waals surface area contributed by atoms with Gasteiger partial charge >= 0.3 is 0 Å². The van der Waals surface area contributed by atoms with Crippen molar-refractivity contribution in [3.05, 3.63) is 46.4 Å². The van der Waals surface area contributed by atoms with E-state index in [0.717, 1.165) is 0 Å². The van der Waals surface area contributed by atoms with Gasteiger partial charge in [-0.3, -0.25) is 9.59 Å². The number of carbonyl (C=O) groups excluding carboxylic acids is 2. The molecule has 0 aromatic heterocycles. The Morgan fingerprint density at radius 2 is 1.46 bits per heavy atom. The van der Waals surface area contributed by atoms with E-state index in [2.05, 4.69) is 10.6 Å².